The molecule has 0 spiro atoms. The summed E-state index contributed by atoms with van der Waals surface area (Å²) in [6.45, 7) is 1.73. The van der Waals surface area contributed by atoms with Gasteiger partial charge in [0.15, 0.2) is 0 Å². The first kappa shape index (κ1) is 19.5. The van der Waals surface area contributed by atoms with E-state index in [4.69, 9.17) is 4.52 Å². The van der Waals surface area contributed by atoms with Gasteiger partial charge in [-0.1, -0.05) is 5.16 Å². The highest BCUT2D eigenvalue weighted by Gasteiger charge is 2.19. The molecule has 146 valence electrons. The second kappa shape index (κ2) is 7.77. The highest BCUT2D eigenvalue weighted by molar-refractivity contribution is 7.92. The van der Waals surface area contributed by atoms with Crippen LogP contribution in [0.2, 0.25) is 0 Å². The molecular weight excluding hydrogens is 382 g/mol. The molecule has 3 rings (SSSR count). The number of anilines is 1. The summed E-state index contributed by atoms with van der Waals surface area (Å²) < 4.78 is 29.5. The SMILES string of the molecule is C[C@H](NC(=O)c1ccc(N(C)S(C)(=O)=O)cc1)c1nc(-c2cccnc2)no1. The fourth-order valence-electron chi connectivity index (χ4n) is 2.38. The number of amides is 1. The largest absolute Gasteiger partial charge is 0.341 e. The van der Waals surface area contributed by atoms with Crippen molar-refractivity contribution in [2.45, 2.75) is 13.0 Å². The van der Waals surface area contributed by atoms with Gasteiger partial charge in [-0.25, -0.2) is 8.42 Å². The minimum atomic E-state index is -3.36. The van der Waals surface area contributed by atoms with E-state index < -0.39 is 16.1 Å². The fourth-order valence-corrected chi connectivity index (χ4v) is 2.88. The van der Waals surface area contributed by atoms with Crippen molar-refractivity contribution < 1.29 is 17.7 Å². The summed E-state index contributed by atoms with van der Waals surface area (Å²) in [5, 5.41) is 6.68. The number of benzene rings is 1. The zero-order valence-corrected chi connectivity index (χ0v) is 16.3. The van der Waals surface area contributed by atoms with Gasteiger partial charge in [0.1, 0.15) is 6.04 Å². The van der Waals surface area contributed by atoms with Gasteiger partial charge in [-0.15, -0.1) is 0 Å². The molecule has 28 heavy (non-hydrogen) atoms. The Labute approximate surface area is 162 Å². The summed E-state index contributed by atoms with van der Waals surface area (Å²) in [6.07, 6.45) is 4.37. The zero-order chi connectivity index (χ0) is 20.3. The smallest absolute Gasteiger partial charge is 0.251 e. The third-order valence-corrected chi connectivity index (χ3v) is 5.28. The minimum Gasteiger partial charge on any atom is -0.341 e. The van der Waals surface area contributed by atoms with Crippen molar-refractivity contribution >= 4 is 21.6 Å². The second-order valence-electron chi connectivity index (χ2n) is 6.17. The Balaban J connectivity index is 1.68. The van der Waals surface area contributed by atoms with Gasteiger partial charge < -0.3 is 9.84 Å². The monoisotopic (exact) mass is 401 g/mol. The van der Waals surface area contributed by atoms with Crippen molar-refractivity contribution in [1.29, 1.82) is 0 Å². The highest BCUT2D eigenvalue weighted by atomic mass is 32.2. The predicted octanol–water partition coefficient (Wildman–Crippen LogP) is 2.02. The molecule has 0 aliphatic rings. The van der Waals surface area contributed by atoms with Crippen molar-refractivity contribution in [3.05, 3.63) is 60.2 Å². The molecule has 0 aliphatic carbocycles. The van der Waals surface area contributed by atoms with Crippen molar-refractivity contribution in [3.63, 3.8) is 0 Å². The number of hydrogen-bond acceptors (Lipinski definition) is 7. The maximum atomic E-state index is 12.4. The summed E-state index contributed by atoms with van der Waals surface area (Å²) in [4.78, 5) is 20.7. The van der Waals surface area contributed by atoms with Crippen molar-refractivity contribution in [2.75, 3.05) is 17.6 Å². The van der Waals surface area contributed by atoms with E-state index in [1.165, 1.54) is 7.05 Å². The lowest BCUT2D eigenvalue weighted by Crippen LogP contribution is -2.27. The van der Waals surface area contributed by atoms with E-state index in [1.807, 2.05) is 0 Å². The first-order valence-corrected chi connectivity index (χ1v) is 10.2. The van der Waals surface area contributed by atoms with Crippen LogP contribution in [0.15, 0.2) is 53.3 Å². The predicted molar refractivity (Wildman–Crippen MR) is 103 cm³/mol. The fraction of sp³-hybridized carbons (Fsp3) is 0.222. The number of carbonyl (C=O) groups excluding carboxylic acids is 1. The summed E-state index contributed by atoms with van der Waals surface area (Å²) >= 11 is 0. The molecule has 0 bridgehead atoms. The third-order valence-electron chi connectivity index (χ3n) is 4.07. The Bertz CT molecular complexity index is 1060. The van der Waals surface area contributed by atoms with Crippen LogP contribution in [0.1, 0.15) is 29.2 Å². The molecule has 1 N–H and O–H groups in total. The number of nitrogens with one attached hydrogen (secondary N) is 1. The molecule has 3 aromatic rings. The molecule has 10 heteroatoms. The number of rotatable bonds is 6. The van der Waals surface area contributed by atoms with Crippen molar-refractivity contribution in [3.8, 4) is 11.4 Å². The van der Waals surface area contributed by atoms with Gasteiger partial charge in [0.2, 0.25) is 21.7 Å². The van der Waals surface area contributed by atoms with Gasteiger partial charge in [0.05, 0.1) is 11.9 Å². The van der Waals surface area contributed by atoms with Crippen LogP contribution in [0, 0.1) is 0 Å². The molecular formula is C18H19N5O4S. The molecule has 1 amide bonds. The van der Waals surface area contributed by atoms with Crippen LogP contribution < -0.4 is 9.62 Å². The zero-order valence-electron chi connectivity index (χ0n) is 15.5. The average molecular weight is 401 g/mol. The molecule has 1 aromatic carbocycles. The molecule has 0 unspecified atom stereocenters. The normalized spacial score (nSPS) is 12.4. The summed E-state index contributed by atoms with van der Waals surface area (Å²) in [6, 6.07) is 9.29. The number of aromatic nitrogens is 3. The van der Waals surface area contributed by atoms with E-state index in [9.17, 15) is 13.2 Å². The number of carbonyl (C=O) groups is 1. The van der Waals surface area contributed by atoms with E-state index in [-0.39, 0.29) is 11.8 Å². The van der Waals surface area contributed by atoms with Crippen LogP contribution in [0.5, 0.6) is 0 Å². The Morgan fingerprint density at radius 2 is 1.93 bits per heavy atom. The van der Waals surface area contributed by atoms with Crippen LogP contribution in [0.25, 0.3) is 11.4 Å². The first-order valence-electron chi connectivity index (χ1n) is 8.34. The van der Waals surface area contributed by atoms with E-state index in [0.29, 0.717) is 22.6 Å². The molecule has 0 saturated heterocycles. The van der Waals surface area contributed by atoms with Crippen LogP contribution in [0.4, 0.5) is 5.69 Å². The minimum absolute atomic E-state index is 0.264. The van der Waals surface area contributed by atoms with Crippen LogP contribution in [0.3, 0.4) is 0 Å². The molecule has 0 aliphatic heterocycles. The molecule has 0 fully saturated rings. The maximum Gasteiger partial charge on any atom is 0.251 e. The summed E-state index contributed by atoms with van der Waals surface area (Å²) in [7, 11) is -1.92. The van der Waals surface area contributed by atoms with Gasteiger partial charge in [-0.3, -0.25) is 14.1 Å². The molecule has 2 aromatic heterocycles. The van der Waals surface area contributed by atoms with Crippen LogP contribution in [-0.2, 0) is 10.0 Å². The van der Waals surface area contributed by atoms with Gasteiger partial charge in [0, 0.05) is 30.6 Å². The number of nitrogens with zero attached hydrogens (tertiary/aromatic N) is 4. The van der Waals surface area contributed by atoms with E-state index >= 15 is 0 Å². The van der Waals surface area contributed by atoms with E-state index in [0.717, 1.165) is 10.6 Å². The van der Waals surface area contributed by atoms with Gasteiger partial charge in [0.25, 0.3) is 5.91 Å². The van der Waals surface area contributed by atoms with Crippen LogP contribution >= 0.6 is 0 Å². The van der Waals surface area contributed by atoms with Gasteiger partial charge in [-0.2, -0.15) is 4.98 Å². The molecule has 2 heterocycles. The van der Waals surface area contributed by atoms with E-state index in [2.05, 4.69) is 20.4 Å². The molecule has 9 nitrogen and oxygen atoms in total. The Hall–Kier alpha value is -3.27. The second-order valence-corrected chi connectivity index (χ2v) is 8.18. The molecule has 0 radical (unpaired) electrons. The topological polar surface area (TPSA) is 118 Å². The number of hydrogen-bond donors (Lipinski definition) is 1. The maximum absolute atomic E-state index is 12.4. The standard InChI is InChI=1S/C18H19N5O4S/c1-12(18-21-16(22-27-18)14-5-4-10-19-11-14)20-17(24)13-6-8-15(9-7-13)23(2)28(3,25)26/h4-12H,1-3H3,(H,20,24)/t12-/m0/s1. The summed E-state index contributed by atoms with van der Waals surface area (Å²) in [5.41, 5.74) is 1.55. The Morgan fingerprint density at radius 1 is 1.21 bits per heavy atom. The highest BCUT2D eigenvalue weighted by Crippen LogP contribution is 2.19. The lowest BCUT2D eigenvalue weighted by Gasteiger charge is -2.17. The number of sulfonamides is 1. The quantitative estimate of drug-likeness (QED) is 0.671. The lowest BCUT2D eigenvalue weighted by atomic mass is 10.2. The lowest BCUT2D eigenvalue weighted by molar-refractivity contribution is 0.0932. The Kier molecular flexibility index (Phi) is 5.41. The molecule has 0 saturated carbocycles. The molecule has 1 atom stereocenters. The van der Waals surface area contributed by atoms with E-state index in [1.54, 1.807) is 55.7 Å². The number of pyridine rings is 1. The summed E-state index contributed by atoms with van der Waals surface area (Å²) in [5.74, 6) is 0.306. The van der Waals surface area contributed by atoms with Crippen molar-refractivity contribution in [1.82, 2.24) is 20.4 Å². The average Bonchev–Trinajstić information content (AvgIpc) is 3.18. The van der Waals surface area contributed by atoms with Gasteiger partial charge in [-0.05, 0) is 43.3 Å². The Morgan fingerprint density at radius 3 is 2.54 bits per heavy atom. The van der Waals surface area contributed by atoms with Crippen molar-refractivity contribution in [2.24, 2.45) is 0 Å². The van der Waals surface area contributed by atoms with Crippen LogP contribution in [-0.4, -0.2) is 42.8 Å². The van der Waals surface area contributed by atoms with Gasteiger partial charge >= 0.3 is 0 Å². The first-order chi connectivity index (χ1) is 13.3. The third kappa shape index (κ3) is 4.34.